The van der Waals surface area contributed by atoms with Gasteiger partial charge in [0.2, 0.25) is 0 Å². The minimum atomic E-state index is -1.06. The smallest absolute Gasteiger partial charge is 0.337 e. The lowest BCUT2D eigenvalue weighted by Gasteiger charge is -2.27. The van der Waals surface area contributed by atoms with Crippen LogP contribution in [0.5, 0.6) is 0 Å². The van der Waals surface area contributed by atoms with Gasteiger partial charge in [-0.3, -0.25) is 9.98 Å². The zero-order valence-electron chi connectivity index (χ0n) is 14.9. The first kappa shape index (κ1) is 20.6. The van der Waals surface area contributed by atoms with Crippen molar-refractivity contribution in [1.82, 2.24) is 10.3 Å². The summed E-state index contributed by atoms with van der Waals surface area (Å²) in [6.45, 7) is 0.716. The highest BCUT2D eigenvalue weighted by molar-refractivity contribution is 7.99. The zero-order valence-corrected chi connectivity index (χ0v) is 17.3. The molecule has 2 atom stereocenters. The molecular formula is C19H18Cl2N4O2S. The van der Waals surface area contributed by atoms with Gasteiger partial charge in [-0.05, 0) is 29.8 Å². The fourth-order valence-corrected chi connectivity index (χ4v) is 4.97. The average molecular weight is 437 g/mol. The highest BCUT2D eigenvalue weighted by atomic mass is 35.5. The molecule has 2 unspecified atom stereocenters. The lowest BCUT2D eigenvalue weighted by atomic mass is 9.90. The van der Waals surface area contributed by atoms with E-state index in [0.29, 0.717) is 28.1 Å². The molecule has 0 saturated carbocycles. The molecule has 1 fully saturated rings. The van der Waals surface area contributed by atoms with Crippen molar-refractivity contribution in [2.75, 3.05) is 19.3 Å². The highest BCUT2D eigenvalue weighted by Gasteiger charge is 2.36. The van der Waals surface area contributed by atoms with Crippen LogP contribution in [-0.4, -0.2) is 47.0 Å². The van der Waals surface area contributed by atoms with Gasteiger partial charge >= 0.3 is 5.97 Å². The average Bonchev–Trinajstić information content (AvgIpc) is 2.89. The maximum absolute atomic E-state index is 11.1. The van der Waals surface area contributed by atoms with Crippen molar-refractivity contribution in [2.45, 2.75) is 5.25 Å². The number of thioether (sulfide) groups is 1. The molecular weight excluding hydrogens is 419 g/mol. The number of pyridine rings is 1. The number of nitrogens with zero attached hydrogens (tertiary/aromatic N) is 2. The second-order valence-electron chi connectivity index (χ2n) is 6.12. The number of carboxylic acid groups (broad SMARTS) is 1. The number of hydrogen-bond acceptors (Lipinski definition) is 5. The van der Waals surface area contributed by atoms with E-state index >= 15 is 0 Å². The minimum absolute atomic E-state index is 0.0756. The lowest BCUT2D eigenvalue weighted by molar-refractivity contribution is 0.0696. The van der Waals surface area contributed by atoms with E-state index in [1.54, 1.807) is 37.0 Å². The molecule has 0 bridgehead atoms. The quantitative estimate of drug-likeness (QED) is 0.624. The van der Waals surface area contributed by atoms with Gasteiger partial charge in [-0.2, -0.15) is 11.8 Å². The normalized spacial score (nSPS) is 21.0. The van der Waals surface area contributed by atoms with Crippen LogP contribution in [0.3, 0.4) is 0 Å². The molecule has 3 rings (SSSR count). The fraction of sp³-hybridized carbons (Fsp3) is 0.263. The number of benzene rings is 1. The third-order valence-electron chi connectivity index (χ3n) is 4.41. The summed E-state index contributed by atoms with van der Waals surface area (Å²) in [5.74, 6) is 0.0195. The number of hydrogen-bond donors (Lipinski definition) is 3. The van der Waals surface area contributed by atoms with Gasteiger partial charge in [-0.1, -0.05) is 29.3 Å². The van der Waals surface area contributed by atoms with Crippen LogP contribution in [0.2, 0.25) is 10.0 Å². The summed E-state index contributed by atoms with van der Waals surface area (Å²) in [7, 11) is 1.68. The topological polar surface area (TPSA) is 98.4 Å². The number of aromatic nitrogens is 1. The van der Waals surface area contributed by atoms with Crippen molar-refractivity contribution in [1.29, 1.82) is 5.41 Å². The van der Waals surface area contributed by atoms with Crippen LogP contribution in [0.25, 0.3) is 0 Å². The van der Waals surface area contributed by atoms with Crippen molar-refractivity contribution in [3.63, 3.8) is 0 Å². The largest absolute Gasteiger partial charge is 0.478 e. The Balaban J connectivity index is 2.04. The summed E-state index contributed by atoms with van der Waals surface area (Å²) in [4.78, 5) is 19.6. The molecule has 1 aliphatic heterocycles. The van der Waals surface area contributed by atoms with E-state index in [1.807, 2.05) is 6.07 Å². The second kappa shape index (κ2) is 8.94. The molecule has 1 aromatic heterocycles. The van der Waals surface area contributed by atoms with E-state index in [2.05, 4.69) is 15.3 Å². The van der Waals surface area contributed by atoms with Gasteiger partial charge < -0.3 is 15.8 Å². The molecule has 0 radical (unpaired) electrons. The molecule has 1 aromatic carbocycles. The number of carbonyl (C=O) groups is 1. The molecule has 1 aliphatic rings. The number of rotatable bonds is 4. The van der Waals surface area contributed by atoms with Crippen molar-refractivity contribution in [3.05, 3.63) is 63.4 Å². The number of nitrogens with one attached hydrogen (secondary N) is 2. The lowest BCUT2D eigenvalue weighted by Crippen LogP contribution is -2.37. The Morgan fingerprint density at radius 3 is 2.75 bits per heavy atom. The Hall–Kier alpha value is -2.09. The zero-order chi connectivity index (χ0) is 20.3. The van der Waals surface area contributed by atoms with E-state index in [9.17, 15) is 4.79 Å². The Labute approximate surface area is 176 Å². The molecule has 2 heterocycles. The molecule has 9 heteroatoms. The van der Waals surface area contributed by atoms with Gasteiger partial charge in [0.1, 0.15) is 5.84 Å². The second-order valence-corrected chi connectivity index (χ2v) is 8.21. The number of halogens is 2. The maximum atomic E-state index is 11.1. The van der Waals surface area contributed by atoms with Crippen LogP contribution in [0.15, 0.2) is 41.5 Å². The Bertz CT molecular complexity index is 934. The van der Waals surface area contributed by atoms with Gasteiger partial charge in [-0.15, -0.1) is 0 Å². The Morgan fingerprint density at radius 2 is 2.14 bits per heavy atom. The first-order valence-corrected chi connectivity index (χ1v) is 10.3. The van der Waals surface area contributed by atoms with E-state index in [4.69, 9.17) is 33.7 Å². The molecule has 0 amide bonds. The Morgan fingerprint density at radius 1 is 1.36 bits per heavy atom. The van der Waals surface area contributed by atoms with Crippen molar-refractivity contribution >= 4 is 52.5 Å². The summed E-state index contributed by atoms with van der Waals surface area (Å²) in [5, 5.41) is 22.1. The van der Waals surface area contributed by atoms with Gasteiger partial charge in [0.05, 0.1) is 22.9 Å². The SMILES string of the molecule is CN=C1NCCSC(c2ccc(Cl)cc2Cl)C1C(=N)c1ccc(C(=O)O)cn1. The van der Waals surface area contributed by atoms with Gasteiger partial charge in [0.25, 0.3) is 0 Å². The standard InChI is InChI=1S/C19H18Cl2N4O2S/c1-23-18-15(16(22)14-5-2-10(9-25-14)19(26)27)17(28-7-6-24-18)12-4-3-11(20)8-13(12)21/h2-5,8-9,15,17,22H,6-7H2,1H3,(H,23,24)(H,26,27). The first-order valence-electron chi connectivity index (χ1n) is 8.47. The molecule has 0 aliphatic carbocycles. The van der Waals surface area contributed by atoms with Gasteiger partial charge in [0, 0.05) is 40.8 Å². The van der Waals surface area contributed by atoms with E-state index < -0.39 is 11.9 Å². The predicted octanol–water partition coefficient (Wildman–Crippen LogP) is 4.18. The van der Waals surface area contributed by atoms with E-state index in [-0.39, 0.29) is 16.5 Å². The number of carboxylic acids is 1. The molecule has 3 N–H and O–H groups in total. The number of aliphatic imine (C=N–C) groups is 1. The monoisotopic (exact) mass is 436 g/mol. The summed E-state index contributed by atoms with van der Waals surface area (Å²) in [6.07, 6.45) is 1.26. The number of aromatic carboxylic acids is 1. The minimum Gasteiger partial charge on any atom is -0.478 e. The molecule has 2 aromatic rings. The third-order valence-corrected chi connectivity index (χ3v) is 6.30. The highest BCUT2D eigenvalue weighted by Crippen LogP contribution is 2.42. The molecule has 6 nitrogen and oxygen atoms in total. The van der Waals surface area contributed by atoms with Crippen LogP contribution < -0.4 is 5.32 Å². The van der Waals surface area contributed by atoms with Crippen LogP contribution in [0.1, 0.15) is 26.9 Å². The van der Waals surface area contributed by atoms with Crippen molar-refractivity contribution < 1.29 is 9.90 Å². The molecule has 146 valence electrons. The maximum Gasteiger partial charge on any atom is 0.337 e. The molecule has 1 saturated heterocycles. The molecule has 28 heavy (non-hydrogen) atoms. The summed E-state index contributed by atoms with van der Waals surface area (Å²) in [5.41, 5.74) is 1.59. The summed E-state index contributed by atoms with van der Waals surface area (Å²) >= 11 is 14.2. The third kappa shape index (κ3) is 4.32. The first-order chi connectivity index (χ1) is 13.4. The van der Waals surface area contributed by atoms with Gasteiger partial charge in [-0.25, -0.2) is 4.79 Å². The number of amidine groups is 1. The van der Waals surface area contributed by atoms with Gasteiger partial charge in [0.15, 0.2) is 0 Å². The van der Waals surface area contributed by atoms with Crippen LogP contribution >= 0.6 is 35.0 Å². The summed E-state index contributed by atoms with van der Waals surface area (Å²) < 4.78 is 0. The fourth-order valence-electron chi connectivity index (χ4n) is 3.06. The predicted molar refractivity (Wildman–Crippen MR) is 115 cm³/mol. The van der Waals surface area contributed by atoms with Crippen LogP contribution in [-0.2, 0) is 0 Å². The van der Waals surface area contributed by atoms with Crippen LogP contribution in [0, 0.1) is 11.3 Å². The van der Waals surface area contributed by atoms with E-state index in [1.165, 1.54) is 12.3 Å². The van der Waals surface area contributed by atoms with Crippen molar-refractivity contribution in [2.24, 2.45) is 10.9 Å². The Kier molecular flexibility index (Phi) is 6.59. The summed E-state index contributed by atoms with van der Waals surface area (Å²) in [6, 6.07) is 8.35. The van der Waals surface area contributed by atoms with E-state index in [0.717, 1.165) is 11.3 Å². The molecule has 0 spiro atoms. The van der Waals surface area contributed by atoms with Crippen molar-refractivity contribution in [3.8, 4) is 0 Å². The van der Waals surface area contributed by atoms with Crippen LogP contribution in [0.4, 0.5) is 0 Å².